The van der Waals surface area contributed by atoms with E-state index in [4.69, 9.17) is 5.14 Å². The fourth-order valence-corrected chi connectivity index (χ4v) is 3.82. The largest absolute Gasteiger partial charge is 0.336 e. The standard InChI is InChI=1S/C15H21BrN4O4S/c1-19(10-14(21)18-13-5-3-2-4-12(13)16)15(22)11-6-8-20(9-7-11)25(17,23)24/h2-5,11H,6-10H2,1H3,(H,18,21)(H2,17,23,24). The number of para-hydroxylation sites is 1. The van der Waals surface area contributed by atoms with Crippen LogP contribution in [0.3, 0.4) is 0 Å². The Balaban J connectivity index is 1.86. The van der Waals surface area contributed by atoms with E-state index in [2.05, 4.69) is 21.2 Å². The number of anilines is 1. The number of carbonyl (C=O) groups is 2. The Bertz CT molecular complexity index is 748. The number of benzene rings is 1. The lowest BCUT2D eigenvalue weighted by Crippen LogP contribution is -2.46. The summed E-state index contributed by atoms with van der Waals surface area (Å²) in [5.74, 6) is -0.777. The molecule has 0 spiro atoms. The van der Waals surface area contributed by atoms with Gasteiger partial charge in [-0.3, -0.25) is 9.59 Å². The topological polar surface area (TPSA) is 113 Å². The highest BCUT2D eigenvalue weighted by Gasteiger charge is 2.31. The van der Waals surface area contributed by atoms with E-state index in [1.54, 1.807) is 19.2 Å². The second-order valence-electron chi connectivity index (χ2n) is 5.94. The zero-order chi connectivity index (χ0) is 18.6. The van der Waals surface area contributed by atoms with Gasteiger partial charge >= 0.3 is 0 Å². The molecule has 1 aromatic carbocycles. The van der Waals surface area contributed by atoms with Crippen molar-refractivity contribution in [2.75, 3.05) is 32.0 Å². The minimum Gasteiger partial charge on any atom is -0.336 e. The lowest BCUT2D eigenvalue weighted by Gasteiger charge is -2.31. The molecule has 1 aliphatic rings. The molecule has 0 unspecified atom stereocenters. The molecule has 25 heavy (non-hydrogen) atoms. The van der Waals surface area contributed by atoms with Crippen molar-refractivity contribution in [2.45, 2.75) is 12.8 Å². The first-order valence-corrected chi connectivity index (χ1v) is 10.1. The first-order valence-electron chi connectivity index (χ1n) is 7.75. The molecule has 1 fully saturated rings. The molecule has 0 saturated carbocycles. The van der Waals surface area contributed by atoms with E-state index in [9.17, 15) is 18.0 Å². The number of amides is 2. The number of halogens is 1. The van der Waals surface area contributed by atoms with Crippen LogP contribution in [0.5, 0.6) is 0 Å². The first-order chi connectivity index (χ1) is 11.7. The van der Waals surface area contributed by atoms with Crippen LogP contribution in [0.25, 0.3) is 0 Å². The predicted octanol–water partition coefficient (Wildman–Crippen LogP) is 0.761. The molecule has 1 heterocycles. The van der Waals surface area contributed by atoms with Gasteiger partial charge in [-0.15, -0.1) is 0 Å². The minimum absolute atomic E-state index is 0.0738. The molecular weight excluding hydrogens is 412 g/mol. The van der Waals surface area contributed by atoms with Gasteiger partial charge in [-0.1, -0.05) is 12.1 Å². The lowest BCUT2D eigenvalue weighted by atomic mass is 9.96. The Hall–Kier alpha value is -1.49. The number of hydrogen-bond donors (Lipinski definition) is 2. The lowest BCUT2D eigenvalue weighted by molar-refractivity contribution is -0.138. The highest BCUT2D eigenvalue weighted by Crippen LogP contribution is 2.22. The maximum Gasteiger partial charge on any atom is 0.276 e. The summed E-state index contributed by atoms with van der Waals surface area (Å²) in [5, 5.41) is 7.83. The third kappa shape index (κ3) is 5.50. The minimum atomic E-state index is -3.71. The van der Waals surface area contributed by atoms with E-state index in [1.807, 2.05) is 12.1 Å². The number of hydrogen-bond acceptors (Lipinski definition) is 4. The average Bonchev–Trinajstić information content (AvgIpc) is 2.55. The summed E-state index contributed by atoms with van der Waals surface area (Å²) in [6.45, 7) is 0.355. The summed E-state index contributed by atoms with van der Waals surface area (Å²) < 4.78 is 24.5. The number of nitrogens with two attached hydrogens (primary N) is 1. The molecule has 0 bridgehead atoms. The molecule has 0 radical (unpaired) electrons. The maximum absolute atomic E-state index is 12.4. The van der Waals surface area contributed by atoms with Gasteiger partial charge in [0.1, 0.15) is 0 Å². The molecule has 1 saturated heterocycles. The highest BCUT2D eigenvalue weighted by molar-refractivity contribution is 9.10. The van der Waals surface area contributed by atoms with Crippen LogP contribution in [-0.2, 0) is 19.8 Å². The first kappa shape index (κ1) is 19.8. The van der Waals surface area contributed by atoms with Gasteiger partial charge in [-0.05, 0) is 40.9 Å². The number of likely N-dealkylation sites (N-methyl/N-ethyl adjacent to an activating group) is 1. The van der Waals surface area contributed by atoms with Gasteiger partial charge in [0.15, 0.2) is 0 Å². The zero-order valence-electron chi connectivity index (χ0n) is 13.8. The van der Waals surface area contributed by atoms with Crippen molar-refractivity contribution in [1.29, 1.82) is 0 Å². The third-order valence-corrected chi connectivity index (χ3v) is 5.84. The van der Waals surface area contributed by atoms with E-state index in [-0.39, 0.29) is 37.4 Å². The molecule has 2 amide bonds. The fraction of sp³-hybridized carbons (Fsp3) is 0.467. The fourth-order valence-electron chi connectivity index (χ4n) is 2.71. The van der Waals surface area contributed by atoms with E-state index in [1.165, 1.54) is 4.90 Å². The van der Waals surface area contributed by atoms with Gasteiger partial charge in [0.05, 0.1) is 12.2 Å². The van der Waals surface area contributed by atoms with Crippen LogP contribution < -0.4 is 10.5 Å². The van der Waals surface area contributed by atoms with Crippen LogP contribution in [0.1, 0.15) is 12.8 Å². The van der Waals surface area contributed by atoms with Gasteiger partial charge in [0, 0.05) is 30.5 Å². The smallest absolute Gasteiger partial charge is 0.276 e. The van der Waals surface area contributed by atoms with E-state index >= 15 is 0 Å². The summed E-state index contributed by atoms with van der Waals surface area (Å²) in [6, 6.07) is 7.20. The molecular formula is C15H21BrN4O4S. The number of piperidine rings is 1. The van der Waals surface area contributed by atoms with Gasteiger partial charge in [-0.25, -0.2) is 5.14 Å². The Kier molecular flexibility index (Phi) is 6.55. The third-order valence-electron chi connectivity index (χ3n) is 4.07. The monoisotopic (exact) mass is 432 g/mol. The molecule has 2 rings (SSSR count). The summed E-state index contributed by atoms with van der Waals surface area (Å²) in [6.07, 6.45) is 0.789. The van der Waals surface area contributed by atoms with E-state index in [0.29, 0.717) is 18.5 Å². The molecule has 3 N–H and O–H groups in total. The maximum atomic E-state index is 12.4. The predicted molar refractivity (Wildman–Crippen MR) is 97.8 cm³/mol. The molecule has 138 valence electrons. The van der Waals surface area contributed by atoms with Crippen LogP contribution in [-0.4, -0.2) is 56.1 Å². The molecule has 0 atom stereocenters. The second kappa shape index (κ2) is 8.26. The van der Waals surface area contributed by atoms with Crippen molar-refractivity contribution in [3.05, 3.63) is 28.7 Å². The van der Waals surface area contributed by atoms with Crippen molar-refractivity contribution in [1.82, 2.24) is 9.21 Å². The Morgan fingerprint density at radius 1 is 1.32 bits per heavy atom. The van der Waals surface area contributed by atoms with Crippen molar-refractivity contribution >= 4 is 43.6 Å². The molecule has 1 aliphatic heterocycles. The normalized spacial score (nSPS) is 16.4. The van der Waals surface area contributed by atoms with Crippen LogP contribution in [0.2, 0.25) is 0 Å². The number of carbonyl (C=O) groups excluding carboxylic acids is 2. The zero-order valence-corrected chi connectivity index (χ0v) is 16.2. The molecule has 8 nitrogen and oxygen atoms in total. The van der Waals surface area contributed by atoms with Crippen LogP contribution >= 0.6 is 15.9 Å². The Morgan fingerprint density at radius 2 is 1.92 bits per heavy atom. The molecule has 10 heteroatoms. The highest BCUT2D eigenvalue weighted by atomic mass is 79.9. The van der Waals surface area contributed by atoms with Crippen LogP contribution in [0.4, 0.5) is 5.69 Å². The van der Waals surface area contributed by atoms with Crippen molar-refractivity contribution in [2.24, 2.45) is 11.1 Å². The SMILES string of the molecule is CN(CC(=O)Nc1ccccc1Br)C(=O)C1CCN(S(N)(=O)=O)CC1. The summed E-state index contributed by atoms with van der Waals surface area (Å²) >= 11 is 3.34. The second-order valence-corrected chi connectivity index (χ2v) is 8.34. The van der Waals surface area contributed by atoms with Crippen LogP contribution in [0, 0.1) is 5.92 Å². The van der Waals surface area contributed by atoms with Crippen molar-refractivity contribution in [3.63, 3.8) is 0 Å². The van der Waals surface area contributed by atoms with Gasteiger partial charge in [0.25, 0.3) is 10.2 Å². The molecule has 0 aromatic heterocycles. The van der Waals surface area contributed by atoms with Crippen molar-refractivity contribution < 1.29 is 18.0 Å². The molecule has 1 aromatic rings. The molecule has 0 aliphatic carbocycles. The average molecular weight is 433 g/mol. The summed E-state index contributed by atoms with van der Waals surface area (Å²) in [5.41, 5.74) is 0.634. The van der Waals surface area contributed by atoms with E-state index in [0.717, 1.165) is 8.78 Å². The Morgan fingerprint density at radius 3 is 2.48 bits per heavy atom. The summed E-state index contributed by atoms with van der Waals surface area (Å²) in [7, 11) is -2.15. The number of nitrogens with one attached hydrogen (secondary N) is 1. The van der Waals surface area contributed by atoms with Crippen LogP contribution in [0.15, 0.2) is 28.7 Å². The van der Waals surface area contributed by atoms with Gasteiger partial charge < -0.3 is 10.2 Å². The van der Waals surface area contributed by atoms with Gasteiger partial charge in [0.2, 0.25) is 11.8 Å². The van der Waals surface area contributed by atoms with Crippen molar-refractivity contribution in [3.8, 4) is 0 Å². The Labute approximate surface area is 155 Å². The van der Waals surface area contributed by atoms with E-state index < -0.39 is 10.2 Å². The van der Waals surface area contributed by atoms with Gasteiger partial charge in [-0.2, -0.15) is 12.7 Å². The quantitative estimate of drug-likeness (QED) is 0.714. The summed E-state index contributed by atoms with van der Waals surface area (Å²) in [4.78, 5) is 25.9. The number of nitrogens with zero attached hydrogens (tertiary/aromatic N) is 2. The number of rotatable bonds is 5.